The molecule has 0 saturated heterocycles. The summed E-state index contributed by atoms with van der Waals surface area (Å²) >= 11 is 0. The molecular weight excluding hydrogens is 375 g/mol. The van der Waals surface area contributed by atoms with Crippen molar-refractivity contribution in [1.82, 2.24) is 0 Å². The Labute approximate surface area is 161 Å². The van der Waals surface area contributed by atoms with Crippen LogP contribution in [0.2, 0.25) is 0 Å². The zero-order chi connectivity index (χ0) is 20.3. The van der Waals surface area contributed by atoms with Gasteiger partial charge in [-0.3, -0.25) is 0 Å². The van der Waals surface area contributed by atoms with Gasteiger partial charge in [-0.1, -0.05) is 25.5 Å². The third-order valence-electron chi connectivity index (χ3n) is 5.29. The van der Waals surface area contributed by atoms with Crippen molar-refractivity contribution in [1.29, 1.82) is 0 Å². The van der Waals surface area contributed by atoms with Gasteiger partial charge in [-0.25, -0.2) is 8.78 Å². The van der Waals surface area contributed by atoms with E-state index in [1.54, 1.807) is 6.07 Å². The predicted octanol–water partition coefficient (Wildman–Crippen LogP) is 6.55. The fourth-order valence-corrected chi connectivity index (χ4v) is 3.88. The van der Waals surface area contributed by atoms with Crippen molar-refractivity contribution in [3.63, 3.8) is 0 Å². The molecule has 1 aliphatic rings. The molecule has 0 fully saturated rings. The van der Waals surface area contributed by atoms with E-state index in [1.807, 2.05) is 19.1 Å². The van der Waals surface area contributed by atoms with Crippen LogP contribution in [0.1, 0.15) is 48.4 Å². The number of halogens is 5. The fraction of sp³-hybridized carbons (Fsp3) is 0.455. The molecule has 0 aromatic heterocycles. The number of hydrogen-bond donors (Lipinski definition) is 0. The zero-order valence-electron chi connectivity index (χ0n) is 15.7. The lowest BCUT2D eigenvalue weighted by Gasteiger charge is -2.25. The largest absolute Gasteiger partial charge is 0.573 e. The summed E-state index contributed by atoms with van der Waals surface area (Å²) in [7, 11) is 0. The molecule has 1 atom stereocenters. The minimum atomic E-state index is -4.91. The highest BCUT2D eigenvalue weighted by Crippen LogP contribution is 2.34. The molecule has 0 aliphatic heterocycles. The molecule has 1 nitrogen and oxygen atoms in total. The van der Waals surface area contributed by atoms with Crippen LogP contribution in [0.5, 0.6) is 5.75 Å². The first kappa shape index (κ1) is 20.6. The maximum atomic E-state index is 14.2. The average Bonchev–Trinajstić information content (AvgIpc) is 2.61. The molecular formula is C22H23F5O. The Morgan fingerprint density at radius 3 is 2.46 bits per heavy atom. The summed E-state index contributed by atoms with van der Waals surface area (Å²) in [5, 5.41) is 0. The van der Waals surface area contributed by atoms with E-state index in [0.29, 0.717) is 36.0 Å². The number of hydrogen-bond acceptors (Lipinski definition) is 1. The number of aryl methyl sites for hydroxylation is 3. The SMILES string of the molecule is CCCc1ccc(CCC2CCc3cc(OC(F)(F)F)c(F)cc3C2)c(F)c1. The molecule has 0 N–H and O–H groups in total. The Morgan fingerprint density at radius 2 is 1.79 bits per heavy atom. The van der Waals surface area contributed by atoms with Crippen LogP contribution in [0, 0.1) is 17.6 Å². The van der Waals surface area contributed by atoms with Gasteiger partial charge in [0.05, 0.1) is 0 Å². The molecule has 0 bridgehead atoms. The van der Waals surface area contributed by atoms with Crippen LogP contribution in [0.4, 0.5) is 22.0 Å². The first-order valence-electron chi connectivity index (χ1n) is 9.59. The topological polar surface area (TPSA) is 9.23 Å². The van der Waals surface area contributed by atoms with Gasteiger partial charge in [0.25, 0.3) is 0 Å². The highest BCUT2D eigenvalue weighted by molar-refractivity contribution is 5.39. The van der Waals surface area contributed by atoms with E-state index < -0.39 is 17.9 Å². The molecule has 1 aliphatic carbocycles. The summed E-state index contributed by atoms with van der Waals surface area (Å²) in [5.74, 6) is -1.73. The monoisotopic (exact) mass is 398 g/mol. The lowest BCUT2D eigenvalue weighted by atomic mass is 9.81. The normalized spacial score (nSPS) is 16.7. The summed E-state index contributed by atoms with van der Waals surface area (Å²) < 4.78 is 69.0. The van der Waals surface area contributed by atoms with Crippen LogP contribution in [0.25, 0.3) is 0 Å². The van der Waals surface area contributed by atoms with Crippen LogP contribution < -0.4 is 4.74 Å². The molecule has 3 rings (SSSR count). The van der Waals surface area contributed by atoms with Crippen molar-refractivity contribution in [2.24, 2.45) is 5.92 Å². The van der Waals surface area contributed by atoms with Gasteiger partial charge < -0.3 is 4.74 Å². The van der Waals surface area contributed by atoms with Crippen LogP contribution >= 0.6 is 0 Å². The van der Waals surface area contributed by atoms with Gasteiger partial charge in [-0.05, 0) is 84.9 Å². The summed E-state index contributed by atoms with van der Waals surface area (Å²) in [6.45, 7) is 2.05. The van der Waals surface area contributed by atoms with Crippen molar-refractivity contribution in [3.8, 4) is 5.75 Å². The van der Waals surface area contributed by atoms with E-state index in [0.717, 1.165) is 43.4 Å². The van der Waals surface area contributed by atoms with Gasteiger partial charge in [-0.15, -0.1) is 13.2 Å². The number of fused-ring (bicyclic) bond motifs is 1. The van der Waals surface area contributed by atoms with Crippen molar-refractivity contribution < 1.29 is 26.7 Å². The quantitative estimate of drug-likeness (QED) is 0.501. The maximum Gasteiger partial charge on any atom is 0.573 e. The first-order valence-corrected chi connectivity index (χ1v) is 9.59. The van der Waals surface area contributed by atoms with Crippen molar-refractivity contribution in [2.75, 3.05) is 0 Å². The molecule has 28 heavy (non-hydrogen) atoms. The molecule has 0 spiro atoms. The van der Waals surface area contributed by atoms with Crippen molar-refractivity contribution >= 4 is 0 Å². The second-order valence-electron chi connectivity index (χ2n) is 7.42. The Hall–Kier alpha value is -2.11. The lowest BCUT2D eigenvalue weighted by Crippen LogP contribution is -2.20. The summed E-state index contributed by atoms with van der Waals surface area (Å²) in [4.78, 5) is 0. The number of rotatable bonds is 6. The maximum absolute atomic E-state index is 14.2. The van der Waals surface area contributed by atoms with E-state index in [-0.39, 0.29) is 11.7 Å². The zero-order valence-corrected chi connectivity index (χ0v) is 15.7. The second-order valence-corrected chi connectivity index (χ2v) is 7.42. The van der Waals surface area contributed by atoms with E-state index in [2.05, 4.69) is 4.74 Å². The van der Waals surface area contributed by atoms with Crippen molar-refractivity contribution in [2.45, 2.75) is 58.2 Å². The Balaban J connectivity index is 1.63. The minimum absolute atomic E-state index is 0.192. The van der Waals surface area contributed by atoms with E-state index >= 15 is 0 Å². The predicted molar refractivity (Wildman–Crippen MR) is 97.3 cm³/mol. The van der Waals surface area contributed by atoms with Gasteiger partial charge >= 0.3 is 6.36 Å². The lowest BCUT2D eigenvalue weighted by molar-refractivity contribution is -0.275. The Bertz CT molecular complexity index is 828. The number of alkyl halides is 3. The van der Waals surface area contributed by atoms with Gasteiger partial charge in [0, 0.05) is 0 Å². The van der Waals surface area contributed by atoms with E-state index in [1.165, 1.54) is 0 Å². The number of benzene rings is 2. The number of ether oxygens (including phenoxy) is 1. The fourth-order valence-electron chi connectivity index (χ4n) is 3.88. The van der Waals surface area contributed by atoms with Gasteiger partial charge in [0.1, 0.15) is 5.82 Å². The standard InChI is InChI=1S/C22H23F5O/c1-2-3-14-4-7-16(19(23)11-14)8-5-15-6-9-17-13-21(28-22(25,26)27)20(24)12-18(17)10-15/h4,7,11-13,15H,2-3,5-6,8-10H2,1H3. The van der Waals surface area contributed by atoms with Crippen LogP contribution in [-0.2, 0) is 25.7 Å². The Kier molecular flexibility index (Phi) is 6.26. The van der Waals surface area contributed by atoms with Crippen molar-refractivity contribution in [3.05, 3.63) is 64.2 Å². The summed E-state index contributed by atoms with van der Waals surface area (Å²) in [6.07, 6.45) is 0.166. The Morgan fingerprint density at radius 1 is 1.00 bits per heavy atom. The summed E-state index contributed by atoms with van der Waals surface area (Å²) in [6, 6.07) is 7.67. The first-order chi connectivity index (χ1) is 13.2. The molecule has 0 amide bonds. The summed E-state index contributed by atoms with van der Waals surface area (Å²) in [5.41, 5.74) is 3.06. The molecule has 1 unspecified atom stereocenters. The molecule has 2 aromatic rings. The van der Waals surface area contributed by atoms with E-state index in [9.17, 15) is 22.0 Å². The average molecular weight is 398 g/mol. The molecule has 6 heteroatoms. The highest BCUT2D eigenvalue weighted by atomic mass is 19.4. The van der Waals surface area contributed by atoms with Crippen LogP contribution in [-0.4, -0.2) is 6.36 Å². The van der Waals surface area contributed by atoms with Crippen LogP contribution in [0.15, 0.2) is 30.3 Å². The highest BCUT2D eigenvalue weighted by Gasteiger charge is 2.33. The van der Waals surface area contributed by atoms with Crippen LogP contribution in [0.3, 0.4) is 0 Å². The third kappa shape index (κ3) is 5.24. The second kappa shape index (κ2) is 8.50. The smallest absolute Gasteiger partial charge is 0.403 e. The molecule has 0 saturated carbocycles. The molecule has 2 aromatic carbocycles. The molecule has 0 heterocycles. The van der Waals surface area contributed by atoms with Gasteiger partial charge in [-0.2, -0.15) is 0 Å². The minimum Gasteiger partial charge on any atom is -0.403 e. The molecule has 152 valence electrons. The third-order valence-corrected chi connectivity index (χ3v) is 5.29. The van der Waals surface area contributed by atoms with Gasteiger partial charge in [0.15, 0.2) is 11.6 Å². The van der Waals surface area contributed by atoms with Gasteiger partial charge in [0.2, 0.25) is 0 Å². The molecule has 0 radical (unpaired) electrons. The van der Waals surface area contributed by atoms with E-state index in [4.69, 9.17) is 0 Å².